The zero-order chi connectivity index (χ0) is 13.4. The van der Waals surface area contributed by atoms with E-state index in [1.807, 2.05) is 0 Å². The fourth-order valence-electron chi connectivity index (χ4n) is 1.27. The minimum absolute atomic E-state index is 0. The molecular formula is C12H14K2N2O2S2. The summed E-state index contributed by atoms with van der Waals surface area (Å²) >= 11 is 7.95. The Hall–Kier alpha value is 2.13. The van der Waals surface area contributed by atoms with Crippen LogP contribution >= 0.6 is 25.3 Å². The van der Waals surface area contributed by atoms with E-state index in [2.05, 4.69) is 35.2 Å². The molecule has 20 heavy (non-hydrogen) atoms. The van der Waals surface area contributed by atoms with E-state index in [1.165, 1.54) is 6.07 Å². The summed E-state index contributed by atoms with van der Waals surface area (Å²) in [5, 5.41) is 23.3. The van der Waals surface area contributed by atoms with Crippen LogP contribution in [0.5, 0.6) is 0 Å². The number of hydrogen-bond acceptors (Lipinski definition) is 6. The van der Waals surface area contributed by atoms with E-state index in [4.69, 9.17) is 0 Å². The standard InChI is InChI=1S/C12H16N2O2S2.2K/c15-11(13-4-6-17)9-2-1-3-10(8-9)12(16)14-5-7-18;;/h1-3,8,17-18H,4-7H2,(H,13,15)(H,14,16);;/q;2*+1/p-2. The smallest absolute Gasteiger partial charge is 0.858 e. The molecule has 0 amide bonds. The maximum absolute atomic E-state index is 11.6. The van der Waals surface area contributed by atoms with Gasteiger partial charge in [0, 0.05) is 24.6 Å². The van der Waals surface area contributed by atoms with Crippen molar-refractivity contribution in [1.82, 2.24) is 0 Å². The Kier molecular flexibility index (Phi) is 17.9. The predicted molar refractivity (Wildman–Crippen MR) is 77.0 cm³/mol. The molecule has 0 bridgehead atoms. The van der Waals surface area contributed by atoms with Crippen molar-refractivity contribution in [3.63, 3.8) is 0 Å². The van der Waals surface area contributed by atoms with E-state index in [1.54, 1.807) is 18.2 Å². The van der Waals surface area contributed by atoms with Gasteiger partial charge < -0.3 is 10.2 Å². The maximum atomic E-state index is 11.6. The fourth-order valence-corrected chi connectivity index (χ4v) is 1.47. The Bertz CT molecular complexity index is 420. The van der Waals surface area contributed by atoms with Crippen LogP contribution in [0.15, 0.2) is 34.3 Å². The molecule has 1 rings (SSSR count). The normalized spacial score (nSPS) is 11.5. The second-order valence-electron chi connectivity index (χ2n) is 3.40. The number of rotatable bonds is 6. The Morgan fingerprint density at radius 1 is 0.900 bits per heavy atom. The Morgan fingerprint density at radius 3 is 1.65 bits per heavy atom. The molecule has 0 spiro atoms. The quantitative estimate of drug-likeness (QED) is 0.229. The number of nitrogens with zero attached hydrogens (tertiary/aromatic N) is 2. The summed E-state index contributed by atoms with van der Waals surface area (Å²) in [6.45, 7) is 0.730. The van der Waals surface area contributed by atoms with Crippen LogP contribution in [0, 0.1) is 0 Å². The van der Waals surface area contributed by atoms with Crippen molar-refractivity contribution < 1.29 is 113 Å². The van der Waals surface area contributed by atoms with E-state index in [0.717, 1.165) is 0 Å². The van der Waals surface area contributed by atoms with Gasteiger partial charge >= 0.3 is 103 Å². The first-order chi connectivity index (χ1) is 8.69. The Balaban J connectivity index is 0. The molecular weight excluding hydrogens is 346 g/mol. The molecule has 0 aliphatic heterocycles. The molecule has 0 saturated heterocycles. The molecule has 0 aromatic heterocycles. The third-order valence-electron chi connectivity index (χ3n) is 2.07. The van der Waals surface area contributed by atoms with Gasteiger partial charge in [-0.1, -0.05) is 18.2 Å². The molecule has 1 aromatic carbocycles. The molecule has 8 heteroatoms. The Labute approximate surface area is 215 Å². The van der Waals surface area contributed by atoms with Crippen LogP contribution in [0.1, 0.15) is 11.1 Å². The van der Waals surface area contributed by atoms with Gasteiger partial charge in [-0.15, -0.1) is 0 Å². The van der Waals surface area contributed by atoms with E-state index < -0.39 is 0 Å². The van der Waals surface area contributed by atoms with Crippen LogP contribution in [0.3, 0.4) is 0 Å². The van der Waals surface area contributed by atoms with Crippen LogP contribution in [0.25, 0.3) is 0 Å². The van der Waals surface area contributed by atoms with Gasteiger partial charge in [-0.05, 0) is 29.0 Å². The van der Waals surface area contributed by atoms with Crippen molar-refractivity contribution >= 4 is 37.1 Å². The summed E-state index contributed by atoms with van der Waals surface area (Å²) in [6, 6.07) is 6.40. The SMILES string of the molecule is [K+].[K+].[O-]C(=NCCS)c1cccc(C([O-])=NCCS)c1. The van der Waals surface area contributed by atoms with E-state index in [0.29, 0.717) is 35.7 Å². The van der Waals surface area contributed by atoms with Gasteiger partial charge in [-0.2, -0.15) is 25.3 Å². The summed E-state index contributed by atoms with van der Waals surface area (Å²) < 4.78 is 0. The Morgan fingerprint density at radius 2 is 1.30 bits per heavy atom. The van der Waals surface area contributed by atoms with Gasteiger partial charge in [-0.3, -0.25) is 9.98 Å². The van der Waals surface area contributed by atoms with Gasteiger partial charge in [0.25, 0.3) is 0 Å². The minimum atomic E-state index is -0.340. The molecule has 0 N–H and O–H groups in total. The molecule has 0 aliphatic carbocycles. The molecule has 0 unspecified atom stereocenters. The second kappa shape index (κ2) is 14.7. The predicted octanol–water partition coefficient (Wildman–Crippen LogP) is -6.23. The summed E-state index contributed by atoms with van der Waals surface area (Å²) in [7, 11) is 0. The van der Waals surface area contributed by atoms with Gasteiger partial charge in [0.2, 0.25) is 0 Å². The summed E-state index contributed by atoms with van der Waals surface area (Å²) in [5.41, 5.74) is 0.785. The van der Waals surface area contributed by atoms with Crippen molar-refractivity contribution in [3.8, 4) is 0 Å². The molecule has 4 nitrogen and oxygen atoms in total. The van der Waals surface area contributed by atoms with Gasteiger partial charge in [-0.25, -0.2) is 0 Å². The summed E-state index contributed by atoms with van der Waals surface area (Å²) in [4.78, 5) is 7.61. The zero-order valence-corrected chi connectivity index (χ0v) is 19.8. The van der Waals surface area contributed by atoms with Crippen molar-refractivity contribution in [2.24, 2.45) is 9.98 Å². The molecule has 1 aromatic rings. The zero-order valence-electron chi connectivity index (χ0n) is 11.7. The first kappa shape index (κ1) is 24.4. The molecule has 0 fully saturated rings. The average molecular weight is 361 g/mol. The van der Waals surface area contributed by atoms with Crippen LogP contribution in [0.4, 0.5) is 0 Å². The number of aliphatic imine (C=N–C) groups is 2. The molecule has 0 aliphatic rings. The van der Waals surface area contributed by atoms with E-state index in [9.17, 15) is 10.2 Å². The monoisotopic (exact) mass is 360 g/mol. The molecule has 0 saturated carbocycles. The van der Waals surface area contributed by atoms with Crippen molar-refractivity contribution in [2.75, 3.05) is 24.6 Å². The fraction of sp³-hybridized carbons (Fsp3) is 0.333. The maximum Gasteiger partial charge on any atom is 1.00 e. The van der Waals surface area contributed by atoms with Gasteiger partial charge in [0.15, 0.2) is 0 Å². The minimum Gasteiger partial charge on any atom is -0.858 e. The first-order valence-electron chi connectivity index (χ1n) is 5.44. The number of hydrogen-bond donors (Lipinski definition) is 2. The van der Waals surface area contributed by atoms with Crippen molar-refractivity contribution in [2.45, 2.75) is 0 Å². The summed E-state index contributed by atoms with van der Waals surface area (Å²) in [6.07, 6.45) is 0. The van der Waals surface area contributed by atoms with Crippen LogP contribution in [0.2, 0.25) is 0 Å². The molecule has 98 valence electrons. The van der Waals surface area contributed by atoms with E-state index in [-0.39, 0.29) is 115 Å². The van der Waals surface area contributed by atoms with E-state index >= 15 is 0 Å². The largest absolute Gasteiger partial charge is 1.00 e. The van der Waals surface area contributed by atoms with Gasteiger partial charge in [0.05, 0.1) is 0 Å². The molecule has 0 atom stereocenters. The van der Waals surface area contributed by atoms with Crippen LogP contribution in [-0.2, 0) is 0 Å². The first-order valence-corrected chi connectivity index (χ1v) is 6.71. The summed E-state index contributed by atoms with van der Waals surface area (Å²) in [5.74, 6) is 0.351. The second-order valence-corrected chi connectivity index (χ2v) is 4.30. The average Bonchev–Trinajstić information content (AvgIpc) is 2.42. The van der Waals surface area contributed by atoms with Crippen LogP contribution < -0.4 is 113 Å². The van der Waals surface area contributed by atoms with Crippen molar-refractivity contribution in [1.29, 1.82) is 0 Å². The van der Waals surface area contributed by atoms with Gasteiger partial charge in [0.1, 0.15) is 0 Å². The third kappa shape index (κ3) is 9.31. The van der Waals surface area contributed by atoms with Crippen LogP contribution in [-0.4, -0.2) is 36.4 Å². The molecule has 0 heterocycles. The third-order valence-corrected chi connectivity index (χ3v) is 2.47. The van der Waals surface area contributed by atoms with Crippen molar-refractivity contribution in [3.05, 3.63) is 35.4 Å². The topological polar surface area (TPSA) is 70.8 Å². The number of thiol groups is 2. The number of benzene rings is 1. The molecule has 0 radical (unpaired) electrons.